The molecule has 0 saturated carbocycles. The van der Waals surface area contributed by atoms with Gasteiger partial charge in [-0.1, -0.05) is 6.92 Å². The molecule has 0 N–H and O–H groups in total. The maximum Gasteiger partial charge on any atom is 0.193 e. The first kappa shape index (κ1) is 9.21. The van der Waals surface area contributed by atoms with E-state index < -0.39 is 0 Å². The van der Waals surface area contributed by atoms with E-state index in [0.29, 0.717) is 12.4 Å². The van der Waals surface area contributed by atoms with Gasteiger partial charge in [0.15, 0.2) is 11.5 Å². The fraction of sp³-hybridized carbons (Fsp3) is 0.625. The van der Waals surface area contributed by atoms with Gasteiger partial charge in [-0.2, -0.15) is 0 Å². The summed E-state index contributed by atoms with van der Waals surface area (Å²) < 4.78 is 5.06. The number of hydrogen-bond donors (Lipinski definition) is 0. The number of ether oxygens (including phenoxy) is 1. The molecule has 0 aliphatic rings. The molecular weight excluding hydrogens is 128 g/mol. The molecule has 0 aromatic heterocycles. The number of carbonyl (C=O) groups excluding carboxylic acids is 1. The normalized spacial score (nSPS) is 11.3. The van der Waals surface area contributed by atoms with E-state index in [9.17, 15) is 4.79 Å². The minimum absolute atomic E-state index is 0.00343. The fourth-order valence-corrected chi connectivity index (χ4v) is 0.645. The molecular formula is C8H14O2. The number of allylic oxidation sites excluding steroid dienone is 2. The summed E-state index contributed by atoms with van der Waals surface area (Å²) in [7, 11) is 0. The quantitative estimate of drug-likeness (QED) is 0.442. The first-order valence-electron chi connectivity index (χ1n) is 3.56. The molecule has 10 heavy (non-hydrogen) atoms. The van der Waals surface area contributed by atoms with Gasteiger partial charge in [-0.15, -0.1) is 0 Å². The molecule has 0 atom stereocenters. The van der Waals surface area contributed by atoms with Crippen LogP contribution in [0.4, 0.5) is 0 Å². The van der Waals surface area contributed by atoms with Crippen molar-refractivity contribution in [3.05, 3.63) is 11.8 Å². The Balaban J connectivity index is 3.98. The molecule has 0 aromatic rings. The van der Waals surface area contributed by atoms with Crippen LogP contribution < -0.4 is 0 Å². The van der Waals surface area contributed by atoms with Crippen molar-refractivity contribution in [2.24, 2.45) is 0 Å². The lowest BCUT2D eigenvalue weighted by Gasteiger charge is -2.02. The van der Waals surface area contributed by atoms with Crippen LogP contribution in [0.3, 0.4) is 0 Å². The van der Waals surface area contributed by atoms with Crippen LogP contribution >= 0.6 is 0 Å². The van der Waals surface area contributed by atoms with Crippen LogP contribution in [0.15, 0.2) is 11.8 Å². The Labute approximate surface area is 61.9 Å². The lowest BCUT2D eigenvalue weighted by molar-refractivity contribution is -0.116. The lowest BCUT2D eigenvalue weighted by atomic mass is 10.3. The third-order valence-corrected chi connectivity index (χ3v) is 1.04. The van der Waals surface area contributed by atoms with E-state index in [0.717, 1.165) is 6.42 Å². The van der Waals surface area contributed by atoms with E-state index >= 15 is 0 Å². The Morgan fingerprint density at radius 1 is 1.50 bits per heavy atom. The molecule has 0 radical (unpaired) electrons. The monoisotopic (exact) mass is 142 g/mol. The Kier molecular flexibility index (Phi) is 4.63. The molecule has 2 heteroatoms. The van der Waals surface area contributed by atoms with E-state index in [-0.39, 0.29) is 5.78 Å². The fourth-order valence-electron chi connectivity index (χ4n) is 0.645. The molecule has 0 fully saturated rings. The lowest BCUT2D eigenvalue weighted by Crippen LogP contribution is -2.01. The van der Waals surface area contributed by atoms with Gasteiger partial charge in [0.05, 0.1) is 6.61 Å². The highest BCUT2D eigenvalue weighted by Crippen LogP contribution is 1.99. The molecule has 0 aliphatic carbocycles. The van der Waals surface area contributed by atoms with Crippen molar-refractivity contribution < 1.29 is 9.53 Å². The number of Topliss-reactive ketones (excluding diaryl/α,β-unsaturated/α-hetero) is 1. The van der Waals surface area contributed by atoms with Crippen molar-refractivity contribution in [3.8, 4) is 0 Å². The second-order valence-corrected chi connectivity index (χ2v) is 1.97. The van der Waals surface area contributed by atoms with Gasteiger partial charge in [0, 0.05) is 6.92 Å². The molecule has 0 rings (SSSR count). The first-order chi connectivity index (χ1) is 4.72. The van der Waals surface area contributed by atoms with Crippen LogP contribution in [0, 0.1) is 0 Å². The minimum Gasteiger partial charge on any atom is -0.491 e. The average Bonchev–Trinajstić information content (AvgIpc) is 1.87. The summed E-state index contributed by atoms with van der Waals surface area (Å²) in [4.78, 5) is 10.7. The summed E-state index contributed by atoms with van der Waals surface area (Å²) in [5.41, 5.74) is 0. The Bertz CT molecular complexity index is 136. The zero-order valence-corrected chi connectivity index (χ0v) is 6.81. The maximum atomic E-state index is 10.7. The van der Waals surface area contributed by atoms with E-state index in [1.165, 1.54) is 6.92 Å². The third-order valence-electron chi connectivity index (χ3n) is 1.04. The number of hydrogen-bond acceptors (Lipinski definition) is 2. The molecule has 0 aliphatic heterocycles. The zero-order valence-electron chi connectivity index (χ0n) is 6.81. The van der Waals surface area contributed by atoms with Crippen molar-refractivity contribution in [1.29, 1.82) is 0 Å². The highest BCUT2D eigenvalue weighted by Gasteiger charge is 2.00. The van der Waals surface area contributed by atoms with Gasteiger partial charge < -0.3 is 4.74 Å². The van der Waals surface area contributed by atoms with Gasteiger partial charge in [0.2, 0.25) is 0 Å². The highest BCUT2D eigenvalue weighted by atomic mass is 16.5. The molecule has 0 heterocycles. The second kappa shape index (κ2) is 5.03. The van der Waals surface area contributed by atoms with Gasteiger partial charge in [0.25, 0.3) is 0 Å². The molecule has 0 saturated heterocycles. The molecule has 0 spiro atoms. The number of rotatable bonds is 4. The summed E-state index contributed by atoms with van der Waals surface area (Å²) in [6.45, 7) is 5.91. The first-order valence-corrected chi connectivity index (χ1v) is 3.56. The van der Waals surface area contributed by atoms with E-state index in [2.05, 4.69) is 0 Å². The van der Waals surface area contributed by atoms with Crippen molar-refractivity contribution >= 4 is 5.78 Å². The summed E-state index contributed by atoms with van der Waals surface area (Å²) in [6, 6.07) is 0. The van der Waals surface area contributed by atoms with E-state index in [1.807, 2.05) is 13.8 Å². The van der Waals surface area contributed by atoms with Crippen LogP contribution in [-0.4, -0.2) is 12.4 Å². The summed E-state index contributed by atoms with van der Waals surface area (Å²) in [5, 5.41) is 0. The Hall–Kier alpha value is -0.790. The van der Waals surface area contributed by atoms with Crippen LogP contribution in [0.5, 0.6) is 0 Å². The average molecular weight is 142 g/mol. The third kappa shape index (κ3) is 3.28. The van der Waals surface area contributed by atoms with Crippen molar-refractivity contribution in [1.82, 2.24) is 0 Å². The Morgan fingerprint density at radius 3 is 2.40 bits per heavy atom. The van der Waals surface area contributed by atoms with Crippen LogP contribution in [0.1, 0.15) is 27.2 Å². The van der Waals surface area contributed by atoms with Gasteiger partial charge in [-0.05, 0) is 19.4 Å². The standard InChI is InChI=1S/C8H14O2/c1-4-6-8(7(3)9)10-5-2/h6H,4-5H2,1-3H3. The predicted octanol–water partition coefficient (Wildman–Crippen LogP) is 1.91. The summed E-state index contributed by atoms with van der Waals surface area (Å²) >= 11 is 0. The molecule has 0 amide bonds. The molecule has 58 valence electrons. The number of carbonyl (C=O) groups is 1. The van der Waals surface area contributed by atoms with Crippen molar-refractivity contribution in [3.63, 3.8) is 0 Å². The van der Waals surface area contributed by atoms with Crippen molar-refractivity contribution in [2.45, 2.75) is 27.2 Å². The van der Waals surface area contributed by atoms with E-state index in [4.69, 9.17) is 4.74 Å². The van der Waals surface area contributed by atoms with Gasteiger partial charge in [-0.3, -0.25) is 4.79 Å². The second-order valence-electron chi connectivity index (χ2n) is 1.97. The topological polar surface area (TPSA) is 26.3 Å². The molecule has 0 bridgehead atoms. The zero-order chi connectivity index (χ0) is 7.98. The SMILES string of the molecule is CCC=C(OCC)C(C)=O. The predicted molar refractivity (Wildman–Crippen MR) is 40.7 cm³/mol. The summed E-state index contributed by atoms with van der Waals surface area (Å²) in [6.07, 6.45) is 2.64. The highest BCUT2D eigenvalue weighted by molar-refractivity contribution is 5.91. The molecule has 0 unspecified atom stereocenters. The van der Waals surface area contributed by atoms with Crippen LogP contribution in [0.2, 0.25) is 0 Å². The number of ketones is 1. The summed E-state index contributed by atoms with van der Waals surface area (Å²) in [5.74, 6) is 0.494. The van der Waals surface area contributed by atoms with Crippen LogP contribution in [-0.2, 0) is 9.53 Å². The van der Waals surface area contributed by atoms with Crippen molar-refractivity contribution in [2.75, 3.05) is 6.61 Å². The van der Waals surface area contributed by atoms with Gasteiger partial charge >= 0.3 is 0 Å². The molecule has 2 nitrogen and oxygen atoms in total. The molecule has 0 aromatic carbocycles. The Morgan fingerprint density at radius 2 is 2.10 bits per heavy atom. The van der Waals surface area contributed by atoms with E-state index in [1.54, 1.807) is 6.08 Å². The van der Waals surface area contributed by atoms with Gasteiger partial charge in [0.1, 0.15) is 0 Å². The largest absolute Gasteiger partial charge is 0.491 e. The smallest absolute Gasteiger partial charge is 0.193 e. The van der Waals surface area contributed by atoms with Gasteiger partial charge in [-0.25, -0.2) is 0 Å². The van der Waals surface area contributed by atoms with Crippen LogP contribution in [0.25, 0.3) is 0 Å². The minimum atomic E-state index is 0.00343. The maximum absolute atomic E-state index is 10.7.